The summed E-state index contributed by atoms with van der Waals surface area (Å²) in [5, 5.41) is 1.33. The smallest absolute Gasteiger partial charge is 0.230 e. The Morgan fingerprint density at radius 1 is 0.914 bits per heavy atom. The van der Waals surface area contributed by atoms with Gasteiger partial charge in [-0.25, -0.2) is 0 Å². The summed E-state index contributed by atoms with van der Waals surface area (Å²) in [7, 11) is 0. The Hall–Kier alpha value is -2.79. The van der Waals surface area contributed by atoms with Crippen molar-refractivity contribution in [2.45, 2.75) is 57.9 Å². The van der Waals surface area contributed by atoms with Gasteiger partial charge in [-0.15, -0.1) is 0 Å². The van der Waals surface area contributed by atoms with Crippen LogP contribution in [-0.2, 0) is 11.2 Å². The van der Waals surface area contributed by atoms with E-state index in [2.05, 4.69) is 75.1 Å². The van der Waals surface area contributed by atoms with Gasteiger partial charge in [0.05, 0.1) is 0 Å². The van der Waals surface area contributed by atoms with E-state index in [1.807, 2.05) is 0 Å². The van der Waals surface area contributed by atoms with Gasteiger partial charge < -0.3 is 14.8 Å². The normalized spacial score (nSPS) is 21.9. The minimum absolute atomic E-state index is 0.208. The lowest BCUT2D eigenvalue weighted by molar-refractivity contribution is -0.124. The zero-order chi connectivity index (χ0) is 23.8. The van der Waals surface area contributed by atoms with Crippen LogP contribution in [0.3, 0.4) is 0 Å². The van der Waals surface area contributed by atoms with E-state index in [-0.39, 0.29) is 12.0 Å². The highest BCUT2D eigenvalue weighted by Crippen LogP contribution is 2.35. The molecule has 1 amide bonds. The number of hydrogen-bond acceptors (Lipinski definition) is 3. The highest BCUT2D eigenvalue weighted by atomic mass is 16.2. The first-order valence-corrected chi connectivity index (χ1v) is 13.6. The van der Waals surface area contributed by atoms with Gasteiger partial charge in [-0.2, -0.15) is 0 Å². The molecular formula is C30H38N4O. The molecule has 1 aromatic heterocycles. The topological polar surface area (TPSA) is 42.6 Å². The number of H-pyrrole nitrogens is 1. The van der Waals surface area contributed by atoms with Crippen molar-refractivity contribution < 1.29 is 4.79 Å². The van der Waals surface area contributed by atoms with Gasteiger partial charge in [0.1, 0.15) is 0 Å². The zero-order valence-electron chi connectivity index (χ0n) is 21.0. The number of carbonyl (C=O) groups is 1. The largest absolute Gasteiger partial charge is 0.368 e. The van der Waals surface area contributed by atoms with Gasteiger partial charge in [0.15, 0.2) is 0 Å². The first kappa shape index (κ1) is 22.7. The van der Waals surface area contributed by atoms with Crippen molar-refractivity contribution >= 4 is 28.2 Å². The lowest BCUT2D eigenvalue weighted by Gasteiger charge is -2.44. The number of aromatic nitrogens is 1. The summed E-state index contributed by atoms with van der Waals surface area (Å²) in [5.74, 6) is 0.592. The molecule has 35 heavy (non-hydrogen) atoms. The van der Waals surface area contributed by atoms with Gasteiger partial charge in [0.2, 0.25) is 5.91 Å². The molecule has 1 atom stereocenters. The molecule has 3 heterocycles. The maximum atomic E-state index is 13.8. The van der Waals surface area contributed by atoms with Crippen molar-refractivity contribution in [2.75, 3.05) is 42.5 Å². The second-order valence-corrected chi connectivity index (χ2v) is 10.8. The number of carbonyl (C=O) groups excluding carboxylic acids is 1. The van der Waals surface area contributed by atoms with Gasteiger partial charge in [-0.3, -0.25) is 9.69 Å². The van der Waals surface area contributed by atoms with Crippen molar-refractivity contribution in [3.05, 3.63) is 59.8 Å². The predicted octanol–water partition coefficient (Wildman–Crippen LogP) is 5.53. The summed E-state index contributed by atoms with van der Waals surface area (Å²) in [6.45, 7) is 7.26. The second-order valence-electron chi connectivity index (χ2n) is 10.8. The van der Waals surface area contributed by atoms with Crippen molar-refractivity contribution in [3.8, 4) is 0 Å². The van der Waals surface area contributed by atoms with Crippen LogP contribution in [0, 0.1) is 12.8 Å². The third-order valence-corrected chi connectivity index (χ3v) is 8.51. The van der Waals surface area contributed by atoms with Crippen molar-refractivity contribution in [1.29, 1.82) is 0 Å². The fraction of sp³-hybridized carbons (Fsp3) is 0.500. The average molecular weight is 471 g/mol. The monoisotopic (exact) mass is 470 g/mol. The maximum Gasteiger partial charge on any atom is 0.230 e. The number of benzene rings is 2. The van der Waals surface area contributed by atoms with Crippen LogP contribution in [0.4, 0.5) is 11.4 Å². The molecule has 3 aromatic rings. The summed E-state index contributed by atoms with van der Waals surface area (Å²) >= 11 is 0. The standard InChI is InChI=1S/C30H38N4O/c1-22-20-26-27(31-22)11-7-13-29(26)33-18-16-32(17-19-33)21-25-15-14-23-8-5-6-12-28(23)34(25)30(35)24-9-3-2-4-10-24/h5-8,11-13,20,24-25,31H,2-4,9-10,14-19,21H2,1H3. The maximum absolute atomic E-state index is 13.8. The molecule has 1 unspecified atom stereocenters. The van der Waals surface area contributed by atoms with Crippen LogP contribution in [0.5, 0.6) is 0 Å². The highest BCUT2D eigenvalue weighted by Gasteiger charge is 2.36. The fourth-order valence-electron chi connectivity index (χ4n) is 6.65. The average Bonchev–Trinajstić information content (AvgIpc) is 3.29. The van der Waals surface area contributed by atoms with Gasteiger partial charge in [-0.1, -0.05) is 43.5 Å². The van der Waals surface area contributed by atoms with Crippen LogP contribution in [0.1, 0.15) is 49.8 Å². The van der Waals surface area contributed by atoms with E-state index in [0.717, 1.165) is 58.4 Å². The van der Waals surface area contributed by atoms with Crippen LogP contribution in [0.25, 0.3) is 10.9 Å². The van der Waals surface area contributed by atoms with E-state index in [4.69, 9.17) is 0 Å². The molecule has 6 rings (SSSR count). The summed E-state index contributed by atoms with van der Waals surface area (Å²) in [5.41, 5.74) is 6.29. The van der Waals surface area contributed by atoms with Crippen molar-refractivity contribution in [1.82, 2.24) is 9.88 Å². The summed E-state index contributed by atoms with van der Waals surface area (Å²) in [4.78, 5) is 24.7. The number of aryl methyl sites for hydroxylation is 2. The molecule has 1 saturated carbocycles. The van der Waals surface area contributed by atoms with E-state index in [1.54, 1.807) is 0 Å². The Bertz CT molecular complexity index is 1190. The first-order valence-electron chi connectivity index (χ1n) is 13.6. The molecule has 5 heteroatoms. The fourth-order valence-corrected chi connectivity index (χ4v) is 6.65. The predicted molar refractivity (Wildman–Crippen MR) is 144 cm³/mol. The van der Waals surface area contributed by atoms with E-state index in [9.17, 15) is 4.79 Å². The molecule has 5 nitrogen and oxygen atoms in total. The number of anilines is 2. The number of piperazine rings is 1. The van der Waals surface area contributed by atoms with Gasteiger partial charge >= 0.3 is 0 Å². The number of para-hydroxylation sites is 1. The summed E-state index contributed by atoms with van der Waals surface area (Å²) < 4.78 is 0. The first-order chi connectivity index (χ1) is 17.2. The van der Waals surface area contributed by atoms with E-state index < -0.39 is 0 Å². The molecule has 2 aromatic carbocycles. The Morgan fingerprint density at radius 2 is 1.69 bits per heavy atom. The van der Waals surface area contributed by atoms with Crippen LogP contribution in [-0.4, -0.2) is 54.6 Å². The van der Waals surface area contributed by atoms with E-state index in [1.165, 1.54) is 52.8 Å². The number of rotatable bonds is 4. The van der Waals surface area contributed by atoms with E-state index in [0.29, 0.717) is 5.91 Å². The van der Waals surface area contributed by atoms with Gasteiger partial charge in [-0.05, 0) is 62.4 Å². The van der Waals surface area contributed by atoms with Crippen molar-refractivity contribution in [2.24, 2.45) is 5.92 Å². The number of hydrogen-bond donors (Lipinski definition) is 1. The quantitative estimate of drug-likeness (QED) is 0.545. The third kappa shape index (κ3) is 4.47. The minimum Gasteiger partial charge on any atom is -0.368 e. The Labute approximate surface area is 209 Å². The Balaban J connectivity index is 1.17. The molecule has 0 radical (unpaired) electrons. The lowest BCUT2D eigenvalue weighted by Crippen LogP contribution is -2.55. The van der Waals surface area contributed by atoms with Gasteiger partial charge in [0.25, 0.3) is 0 Å². The number of nitrogens with zero attached hydrogens (tertiary/aromatic N) is 3. The molecule has 3 aliphatic rings. The van der Waals surface area contributed by atoms with Crippen LogP contribution >= 0.6 is 0 Å². The lowest BCUT2D eigenvalue weighted by atomic mass is 9.86. The number of amides is 1. The highest BCUT2D eigenvalue weighted by molar-refractivity contribution is 5.97. The van der Waals surface area contributed by atoms with Gasteiger partial charge in [0, 0.05) is 72.7 Å². The van der Waals surface area contributed by atoms with Crippen LogP contribution in [0.15, 0.2) is 48.5 Å². The Morgan fingerprint density at radius 3 is 2.51 bits per heavy atom. The van der Waals surface area contributed by atoms with Crippen molar-refractivity contribution in [3.63, 3.8) is 0 Å². The minimum atomic E-state index is 0.208. The molecule has 2 fully saturated rings. The second kappa shape index (κ2) is 9.69. The molecule has 184 valence electrons. The molecule has 1 N–H and O–H groups in total. The molecule has 1 saturated heterocycles. The molecule has 1 aliphatic carbocycles. The Kier molecular flexibility index (Phi) is 6.28. The summed E-state index contributed by atoms with van der Waals surface area (Å²) in [6, 6.07) is 17.8. The molecular weight excluding hydrogens is 432 g/mol. The number of aromatic amines is 1. The van der Waals surface area contributed by atoms with Crippen LogP contribution in [0.2, 0.25) is 0 Å². The summed E-state index contributed by atoms with van der Waals surface area (Å²) in [6.07, 6.45) is 7.95. The third-order valence-electron chi connectivity index (χ3n) is 8.51. The molecule has 0 bridgehead atoms. The SMILES string of the molecule is Cc1cc2c(N3CCN(CC4CCc5ccccc5N4C(=O)C4CCCCC4)CC3)cccc2[nH]1. The van der Waals surface area contributed by atoms with E-state index >= 15 is 0 Å². The molecule has 2 aliphatic heterocycles. The number of nitrogens with one attached hydrogen (secondary N) is 1. The van der Waals surface area contributed by atoms with Crippen LogP contribution < -0.4 is 9.80 Å². The molecule has 0 spiro atoms. The zero-order valence-corrected chi connectivity index (χ0v) is 21.0. The number of fused-ring (bicyclic) bond motifs is 2.